The number of hydrogen-bond donors (Lipinski definition) is 2. The minimum absolute atomic E-state index is 0.330. The van der Waals surface area contributed by atoms with Crippen LogP contribution in [0.1, 0.15) is 6.42 Å². The summed E-state index contributed by atoms with van der Waals surface area (Å²) in [5.41, 5.74) is 0. The lowest BCUT2D eigenvalue weighted by Crippen LogP contribution is -2.19. The topological polar surface area (TPSA) is 57.5 Å². The van der Waals surface area contributed by atoms with E-state index in [1.54, 1.807) is 0 Å². The highest BCUT2D eigenvalue weighted by Gasteiger charge is 2.10. The van der Waals surface area contributed by atoms with Crippen LogP contribution in [0.2, 0.25) is 0 Å². The number of rotatable bonds is 4. The summed E-state index contributed by atoms with van der Waals surface area (Å²) in [5.74, 6) is -0.447. The van der Waals surface area contributed by atoms with Crippen LogP contribution < -0.4 is 0 Å². The second-order valence-corrected chi connectivity index (χ2v) is 2.62. The lowest BCUT2D eigenvalue weighted by molar-refractivity contribution is -0.146. The second kappa shape index (κ2) is 4.64. The molecule has 3 nitrogen and oxygen atoms in total. The van der Waals surface area contributed by atoms with Crippen molar-refractivity contribution in [3.8, 4) is 0 Å². The van der Waals surface area contributed by atoms with E-state index in [2.05, 4.69) is 0 Å². The summed E-state index contributed by atoms with van der Waals surface area (Å²) in [6.07, 6.45) is 1.02. The molecule has 0 aromatic carbocycles. The predicted octanol–water partition coefficient (Wildman–Crippen LogP) is 0.185. The zero-order chi connectivity index (χ0) is 7.28. The van der Waals surface area contributed by atoms with Gasteiger partial charge in [0.25, 0.3) is 0 Å². The largest absolute Gasteiger partial charge is 0.479 e. The predicted molar refractivity (Wildman–Crippen MR) is 36.6 cm³/mol. The average molecular weight is 150 g/mol. The lowest BCUT2D eigenvalue weighted by atomic mass is 10.3. The van der Waals surface area contributed by atoms with Crippen LogP contribution in [0, 0.1) is 0 Å². The summed E-state index contributed by atoms with van der Waals surface area (Å²) < 4.78 is 0. The van der Waals surface area contributed by atoms with Crippen molar-refractivity contribution in [3.63, 3.8) is 0 Å². The lowest BCUT2D eigenvalue weighted by Gasteiger charge is -2.01. The highest BCUT2D eigenvalue weighted by Crippen LogP contribution is 1.99. The molecule has 0 radical (unpaired) electrons. The fraction of sp³-hybridized carbons (Fsp3) is 0.800. The highest BCUT2D eigenvalue weighted by atomic mass is 32.2. The summed E-state index contributed by atoms with van der Waals surface area (Å²) in [5, 5.41) is 16.8. The molecule has 0 spiro atoms. The summed E-state index contributed by atoms with van der Waals surface area (Å²) >= 11 is 1.52. The Morgan fingerprint density at radius 1 is 1.78 bits per heavy atom. The molecule has 0 aromatic rings. The third kappa shape index (κ3) is 4.29. The van der Waals surface area contributed by atoms with Crippen molar-refractivity contribution in [2.24, 2.45) is 0 Å². The van der Waals surface area contributed by atoms with E-state index >= 15 is 0 Å². The van der Waals surface area contributed by atoms with Crippen LogP contribution in [0.5, 0.6) is 0 Å². The first-order valence-electron chi connectivity index (χ1n) is 2.58. The minimum Gasteiger partial charge on any atom is -0.479 e. The zero-order valence-electron chi connectivity index (χ0n) is 5.20. The monoisotopic (exact) mass is 150 g/mol. The molecule has 0 aliphatic carbocycles. The maximum atomic E-state index is 9.95. The molecule has 0 saturated carbocycles. The third-order valence-electron chi connectivity index (χ3n) is 0.880. The summed E-state index contributed by atoms with van der Waals surface area (Å²) in [4.78, 5) is 9.95. The molecule has 0 heterocycles. The Kier molecular flexibility index (Phi) is 4.53. The SMILES string of the molecule is CSCC[C@@H](O)C(=O)O. The maximum Gasteiger partial charge on any atom is 0.332 e. The van der Waals surface area contributed by atoms with Crippen molar-refractivity contribution in [1.29, 1.82) is 0 Å². The molecular formula is C5H10O3S. The van der Waals surface area contributed by atoms with E-state index in [4.69, 9.17) is 10.2 Å². The van der Waals surface area contributed by atoms with Gasteiger partial charge in [-0.05, 0) is 18.4 Å². The first-order chi connectivity index (χ1) is 4.18. The van der Waals surface area contributed by atoms with Crippen molar-refractivity contribution in [1.82, 2.24) is 0 Å². The van der Waals surface area contributed by atoms with Crippen molar-refractivity contribution in [3.05, 3.63) is 0 Å². The van der Waals surface area contributed by atoms with Crippen LogP contribution in [0.15, 0.2) is 0 Å². The smallest absolute Gasteiger partial charge is 0.332 e. The Morgan fingerprint density at radius 2 is 2.33 bits per heavy atom. The molecule has 4 heteroatoms. The first kappa shape index (κ1) is 8.78. The van der Waals surface area contributed by atoms with E-state index in [1.807, 2.05) is 6.26 Å². The Bertz CT molecular complexity index is 94.2. The van der Waals surface area contributed by atoms with Gasteiger partial charge in [-0.2, -0.15) is 11.8 Å². The fourth-order valence-electron chi connectivity index (χ4n) is 0.353. The Hall–Kier alpha value is -0.220. The Morgan fingerprint density at radius 3 is 2.67 bits per heavy atom. The zero-order valence-corrected chi connectivity index (χ0v) is 6.02. The molecule has 0 rings (SSSR count). The summed E-state index contributed by atoms with van der Waals surface area (Å²) in [6.45, 7) is 0. The number of carboxylic acids is 1. The summed E-state index contributed by atoms with van der Waals surface area (Å²) in [6, 6.07) is 0. The van der Waals surface area contributed by atoms with Crippen LogP contribution >= 0.6 is 11.8 Å². The highest BCUT2D eigenvalue weighted by molar-refractivity contribution is 7.98. The van der Waals surface area contributed by atoms with Crippen molar-refractivity contribution in [2.45, 2.75) is 12.5 Å². The number of thioether (sulfide) groups is 1. The van der Waals surface area contributed by atoms with Gasteiger partial charge in [0.2, 0.25) is 0 Å². The van der Waals surface area contributed by atoms with E-state index in [9.17, 15) is 4.79 Å². The van der Waals surface area contributed by atoms with Crippen molar-refractivity contribution >= 4 is 17.7 Å². The van der Waals surface area contributed by atoms with Gasteiger partial charge in [0, 0.05) is 0 Å². The normalized spacial score (nSPS) is 13.1. The Labute approximate surface area is 58.1 Å². The van der Waals surface area contributed by atoms with Crippen molar-refractivity contribution < 1.29 is 15.0 Å². The van der Waals surface area contributed by atoms with E-state index in [0.29, 0.717) is 12.2 Å². The minimum atomic E-state index is -1.18. The third-order valence-corrected chi connectivity index (χ3v) is 1.52. The van der Waals surface area contributed by atoms with Gasteiger partial charge >= 0.3 is 5.97 Å². The number of hydrogen-bond acceptors (Lipinski definition) is 3. The van der Waals surface area contributed by atoms with Gasteiger partial charge in [0.05, 0.1) is 0 Å². The van der Waals surface area contributed by atoms with E-state index < -0.39 is 12.1 Å². The van der Waals surface area contributed by atoms with Crippen LogP contribution in [0.4, 0.5) is 0 Å². The number of carboxylic acid groups (broad SMARTS) is 1. The standard InChI is InChI=1S/C5H10O3S/c1-9-3-2-4(6)5(7)8/h4,6H,2-3H2,1H3,(H,7,8)/t4-/m1/s1. The van der Waals surface area contributed by atoms with E-state index in [-0.39, 0.29) is 0 Å². The van der Waals surface area contributed by atoms with Crippen LogP contribution in [0.25, 0.3) is 0 Å². The van der Waals surface area contributed by atoms with Crippen LogP contribution in [-0.4, -0.2) is 34.3 Å². The van der Waals surface area contributed by atoms with Crippen LogP contribution in [-0.2, 0) is 4.79 Å². The molecule has 0 aliphatic heterocycles. The molecule has 0 bridgehead atoms. The van der Waals surface area contributed by atoms with Gasteiger partial charge in [0.15, 0.2) is 6.10 Å². The van der Waals surface area contributed by atoms with Gasteiger partial charge in [-0.1, -0.05) is 0 Å². The number of aliphatic hydroxyl groups is 1. The Balaban J connectivity index is 3.27. The summed E-state index contributed by atoms with van der Waals surface area (Å²) in [7, 11) is 0. The number of aliphatic hydroxyl groups excluding tert-OH is 1. The molecule has 2 N–H and O–H groups in total. The molecule has 0 aromatic heterocycles. The molecule has 9 heavy (non-hydrogen) atoms. The molecule has 1 atom stereocenters. The van der Waals surface area contributed by atoms with Gasteiger partial charge in [0.1, 0.15) is 0 Å². The molecule has 0 unspecified atom stereocenters. The average Bonchev–Trinajstić information content (AvgIpc) is 1.82. The van der Waals surface area contributed by atoms with Crippen molar-refractivity contribution in [2.75, 3.05) is 12.0 Å². The van der Waals surface area contributed by atoms with Crippen LogP contribution in [0.3, 0.4) is 0 Å². The molecule has 0 aliphatic rings. The van der Waals surface area contributed by atoms with Gasteiger partial charge in [-0.25, -0.2) is 4.79 Å². The quantitative estimate of drug-likeness (QED) is 0.600. The fourth-order valence-corrected chi connectivity index (χ4v) is 0.812. The van der Waals surface area contributed by atoms with Gasteiger partial charge in [-0.15, -0.1) is 0 Å². The van der Waals surface area contributed by atoms with Gasteiger partial charge in [-0.3, -0.25) is 0 Å². The first-order valence-corrected chi connectivity index (χ1v) is 3.97. The number of aliphatic carboxylic acids is 1. The molecule has 0 amide bonds. The molecular weight excluding hydrogens is 140 g/mol. The second-order valence-electron chi connectivity index (χ2n) is 1.64. The molecule has 0 saturated heterocycles. The van der Waals surface area contributed by atoms with Gasteiger partial charge < -0.3 is 10.2 Å². The van der Waals surface area contributed by atoms with E-state index in [0.717, 1.165) is 0 Å². The molecule has 54 valence electrons. The molecule has 0 fully saturated rings. The van der Waals surface area contributed by atoms with E-state index in [1.165, 1.54) is 11.8 Å². The maximum absolute atomic E-state index is 9.95. The number of carbonyl (C=O) groups is 1.